The van der Waals surface area contributed by atoms with Gasteiger partial charge in [0.2, 0.25) is 0 Å². The fourth-order valence-electron chi connectivity index (χ4n) is 12.3. The minimum Gasteiger partial charge on any atom is -0.462 e. The summed E-state index contributed by atoms with van der Waals surface area (Å²) in [6.07, 6.45) is 87.3. The Hall–Kier alpha value is -1.59. The topological polar surface area (TPSA) is 78.9 Å². The molecule has 6 heteroatoms. The highest BCUT2D eigenvalue weighted by molar-refractivity contribution is 5.71. The second-order valence-corrected chi connectivity index (χ2v) is 26.6. The Morgan fingerprint density at radius 2 is 0.325 bits per heavy atom. The van der Waals surface area contributed by atoms with Crippen LogP contribution in [0.25, 0.3) is 0 Å². The lowest BCUT2D eigenvalue weighted by atomic mass is 10.0. The van der Waals surface area contributed by atoms with E-state index in [0.717, 1.165) is 57.8 Å². The number of ether oxygens (including phenoxy) is 3. The van der Waals surface area contributed by atoms with E-state index < -0.39 is 6.10 Å². The molecule has 83 heavy (non-hydrogen) atoms. The van der Waals surface area contributed by atoms with Crippen LogP contribution in [0.2, 0.25) is 0 Å². The first-order valence-electron chi connectivity index (χ1n) is 38.5. The average molecular weight is 1170 g/mol. The Morgan fingerprint density at radius 3 is 0.482 bits per heavy atom. The van der Waals surface area contributed by atoms with Gasteiger partial charge in [-0.05, 0) is 19.3 Å². The third-order valence-electron chi connectivity index (χ3n) is 18.1. The van der Waals surface area contributed by atoms with Gasteiger partial charge in [0.05, 0.1) is 0 Å². The zero-order valence-electron chi connectivity index (χ0n) is 57.0. The van der Waals surface area contributed by atoms with Crippen LogP contribution in [0.5, 0.6) is 0 Å². The summed E-state index contributed by atoms with van der Waals surface area (Å²) in [5.74, 6) is -0.813. The van der Waals surface area contributed by atoms with E-state index in [1.54, 1.807) is 0 Å². The summed E-state index contributed by atoms with van der Waals surface area (Å²) < 4.78 is 17.1. The Bertz CT molecular complexity index is 1250. The lowest BCUT2D eigenvalue weighted by Crippen LogP contribution is -2.30. The highest BCUT2D eigenvalue weighted by Gasteiger charge is 2.20. The van der Waals surface area contributed by atoms with Gasteiger partial charge in [0.1, 0.15) is 13.2 Å². The van der Waals surface area contributed by atoms with Gasteiger partial charge in [-0.1, -0.05) is 419 Å². The first-order valence-corrected chi connectivity index (χ1v) is 38.5. The third kappa shape index (κ3) is 71.1. The molecule has 1 atom stereocenters. The van der Waals surface area contributed by atoms with E-state index in [2.05, 4.69) is 20.8 Å². The van der Waals surface area contributed by atoms with Crippen LogP contribution in [0.15, 0.2) is 0 Å². The average Bonchev–Trinajstić information content (AvgIpc) is 3.50. The minimum atomic E-state index is -0.764. The lowest BCUT2D eigenvalue weighted by molar-refractivity contribution is -0.167. The van der Waals surface area contributed by atoms with E-state index >= 15 is 0 Å². The minimum absolute atomic E-state index is 0.0597. The van der Waals surface area contributed by atoms with Crippen molar-refractivity contribution in [2.45, 2.75) is 463 Å². The van der Waals surface area contributed by atoms with Gasteiger partial charge in [-0.25, -0.2) is 0 Å². The molecule has 0 aromatic heterocycles. The zero-order valence-corrected chi connectivity index (χ0v) is 57.0. The molecule has 0 aliphatic heterocycles. The maximum absolute atomic E-state index is 13.0. The molecule has 0 saturated heterocycles. The number of hydrogen-bond acceptors (Lipinski definition) is 6. The fourth-order valence-corrected chi connectivity index (χ4v) is 12.3. The molecule has 0 N–H and O–H groups in total. The smallest absolute Gasteiger partial charge is 0.306 e. The number of esters is 3. The van der Waals surface area contributed by atoms with E-state index in [0.29, 0.717) is 19.3 Å². The van der Waals surface area contributed by atoms with Crippen molar-refractivity contribution < 1.29 is 28.6 Å². The number of unbranched alkanes of at least 4 members (excludes halogenated alkanes) is 62. The molecule has 0 aromatic carbocycles. The summed E-state index contributed by atoms with van der Waals surface area (Å²) >= 11 is 0. The summed E-state index contributed by atoms with van der Waals surface area (Å²) in [5, 5.41) is 0. The van der Waals surface area contributed by atoms with E-state index in [4.69, 9.17) is 14.2 Å². The van der Waals surface area contributed by atoms with Crippen LogP contribution in [0.3, 0.4) is 0 Å². The van der Waals surface area contributed by atoms with E-state index in [1.807, 2.05) is 0 Å². The molecule has 0 heterocycles. The molecule has 0 saturated carbocycles. The van der Waals surface area contributed by atoms with Crippen molar-refractivity contribution in [3.05, 3.63) is 0 Å². The molecule has 0 amide bonds. The van der Waals surface area contributed by atoms with Crippen LogP contribution < -0.4 is 0 Å². The number of carbonyl (C=O) groups excluding carboxylic acids is 3. The highest BCUT2D eigenvalue weighted by atomic mass is 16.6. The summed E-state index contributed by atoms with van der Waals surface area (Å²) in [4.78, 5) is 38.6. The zero-order chi connectivity index (χ0) is 59.9. The van der Waals surface area contributed by atoms with Crippen molar-refractivity contribution in [3.63, 3.8) is 0 Å². The molecule has 0 fully saturated rings. The highest BCUT2D eigenvalue weighted by Crippen LogP contribution is 2.20. The largest absolute Gasteiger partial charge is 0.462 e. The molecular formula is C77H150O6. The Kier molecular flexibility index (Phi) is 71.5. The van der Waals surface area contributed by atoms with Crippen LogP contribution in [0.1, 0.15) is 457 Å². The predicted molar refractivity (Wildman–Crippen MR) is 363 cm³/mol. The van der Waals surface area contributed by atoms with Gasteiger partial charge in [-0.15, -0.1) is 0 Å². The van der Waals surface area contributed by atoms with Crippen LogP contribution in [0.4, 0.5) is 0 Å². The van der Waals surface area contributed by atoms with Crippen LogP contribution in [0, 0.1) is 0 Å². The lowest BCUT2D eigenvalue weighted by Gasteiger charge is -2.18. The van der Waals surface area contributed by atoms with Crippen molar-refractivity contribution in [2.75, 3.05) is 13.2 Å². The van der Waals surface area contributed by atoms with Crippen LogP contribution >= 0.6 is 0 Å². The van der Waals surface area contributed by atoms with Crippen LogP contribution in [-0.2, 0) is 28.6 Å². The third-order valence-corrected chi connectivity index (χ3v) is 18.1. The number of carbonyl (C=O) groups is 3. The van der Waals surface area contributed by atoms with E-state index in [-0.39, 0.29) is 31.1 Å². The second-order valence-electron chi connectivity index (χ2n) is 26.6. The maximum Gasteiger partial charge on any atom is 0.306 e. The number of rotatable bonds is 73. The van der Waals surface area contributed by atoms with Gasteiger partial charge in [0, 0.05) is 19.3 Å². The maximum atomic E-state index is 13.0. The van der Waals surface area contributed by atoms with Gasteiger partial charge in [-0.2, -0.15) is 0 Å². The summed E-state index contributed by atoms with van der Waals surface area (Å²) in [6.45, 7) is 6.76. The first kappa shape index (κ1) is 81.4. The van der Waals surface area contributed by atoms with Crippen molar-refractivity contribution in [1.29, 1.82) is 0 Å². The molecule has 0 rings (SSSR count). The van der Waals surface area contributed by atoms with Crippen molar-refractivity contribution in [1.82, 2.24) is 0 Å². The van der Waals surface area contributed by atoms with E-state index in [1.165, 1.54) is 360 Å². The number of hydrogen-bond donors (Lipinski definition) is 0. The van der Waals surface area contributed by atoms with Crippen LogP contribution in [-0.4, -0.2) is 37.2 Å². The standard InChI is InChI=1S/C77H150O6/c1-4-7-10-13-16-19-22-25-28-31-33-35-37-39-41-42-44-46-49-52-55-58-61-64-67-70-76(79)82-73-74(72-81-75(78)69-66-63-60-57-54-51-48-30-27-24-21-18-15-12-9-6-3)83-77(80)71-68-65-62-59-56-53-50-47-45-43-40-38-36-34-32-29-26-23-20-17-14-11-8-5-2/h74H,4-73H2,1-3H3. The molecule has 494 valence electrons. The molecule has 0 aliphatic rings. The fraction of sp³-hybridized carbons (Fsp3) is 0.961. The Labute approximate surface area is 520 Å². The molecule has 0 aliphatic carbocycles. The molecule has 0 radical (unpaired) electrons. The van der Waals surface area contributed by atoms with Crippen molar-refractivity contribution >= 4 is 17.9 Å². The Balaban J connectivity index is 4.21. The van der Waals surface area contributed by atoms with Gasteiger partial charge in [-0.3, -0.25) is 14.4 Å². The first-order chi connectivity index (χ1) is 41.0. The van der Waals surface area contributed by atoms with Gasteiger partial charge in [0.25, 0.3) is 0 Å². The van der Waals surface area contributed by atoms with Gasteiger partial charge in [0.15, 0.2) is 6.10 Å². The molecule has 0 spiro atoms. The van der Waals surface area contributed by atoms with Gasteiger partial charge < -0.3 is 14.2 Å². The molecule has 0 aromatic rings. The summed E-state index contributed by atoms with van der Waals surface area (Å²) in [6, 6.07) is 0. The summed E-state index contributed by atoms with van der Waals surface area (Å²) in [7, 11) is 0. The molecule has 1 unspecified atom stereocenters. The SMILES string of the molecule is CCCCCCCCCCCCCCCCCCCCCCCCCCCC(=O)OCC(COC(=O)CCCCCCCCCCCCCCCCCC)OC(=O)CCCCCCCCCCCCCCCCCCCCCCCCCC. The monoisotopic (exact) mass is 1170 g/mol. The summed E-state index contributed by atoms with van der Waals surface area (Å²) in [5.41, 5.74) is 0. The van der Waals surface area contributed by atoms with Crippen molar-refractivity contribution in [2.24, 2.45) is 0 Å². The quantitative estimate of drug-likeness (QED) is 0.0343. The molecule has 0 bridgehead atoms. The van der Waals surface area contributed by atoms with Gasteiger partial charge >= 0.3 is 17.9 Å². The predicted octanol–water partition coefficient (Wildman–Crippen LogP) is 26.6. The Morgan fingerprint density at radius 1 is 0.193 bits per heavy atom. The molecule has 6 nitrogen and oxygen atoms in total. The second kappa shape index (κ2) is 72.9. The van der Waals surface area contributed by atoms with Crippen molar-refractivity contribution in [3.8, 4) is 0 Å². The molecular weight excluding hydrogens is 1020 g/mol. The normalized spacial score (nSPS) is 11.9. The van der Waals surface area contributed by atoms with E-state index in [9.17, 15) is 14.4 Å².